The molecule has 158 valence electrons. The van der Waals surface area contributed by atoms with Crippen molar-refractivity contribution in [3.05, 3.63) is 35.3 Å². The van der Waals surface area contributed by atoms with Gasteiger partial charge in [-0.15, -0.1) is 0 Å². The van der Waals surface area contributed by atoms with Gasteiger partial charge in [0.05, 0.1) is 35.2 Å². The highest BCUT2D eigenvalue weighted by molar-refractivity contribution is 6.03. The Morgan fingerprint density at radius 1 is 0.964 bits per heavy atom. The average Bonchev–Trinajstić information content (AvgIpc) is 3.08. The lowest BCUT2D eigenvalue weighted by atomic mass is 10.0. The number of benzene rings is 1. The van der Waals surface area contributed by atoms with Crippen molar-refractivity contribution in [1.29, 1.82) is 0 Å². The van der Waals surface area contributed by atoms with E-state index >= 15 is 0 Å². The van der Waals surface area contributed by atoms with Crippen molar-refractivity contribution in [2.24, 2.45) is 11.8 Å². The Balaban J connectivity index is 4.53. The van der Waals surface area contributed by atoms with Gasteiger partial charge in [-0.05, 0) is 36.6 Å². The fourth-order valence-corrected chi connectivity index (χ4v) is 1.27. The lowest BCUT2D eigenvalue weighted by Crippen LogP contribution is -2.19. The number of rotatable bonds is 14. The van der Waals surface area contributed by atoms with E-state index in [-0.39, 0.29) is 0 Å². The molecule has 0 aliphatic heterocycles. The number of hydrogen-bond donors (Lipinski definition) is 0. The van der Waals surface area contributed by atoms with E-state index in [1.807, 2.05) is 0 Å². The number of ether oxygens (including phenoxy) is 2. The van der Waals surface area contributed by atoms with E-state index in [9.17, 15) is 9.59 Å². The molecule has 0 radical (unpaired) electrons. The lowest BCUT2D eigenvalue weighted by molar-refractivity contribution is 0.0381. The summed E-state index contributed by atoms with van der Waals surface area (Å²) in [6.07, 6.45) is -38.6. The van der Waals surface area contributed by atoms with E-state index in [2.05, 4.69) is 9.47 Å². The van der Waals surface area contributed by atoms with Crippen LogP contribution in [0.1, 0.15) is 150 Å². The molecule has 0 heterocycles. The summed E-state index contributed by atoms with van der Waals surface area (Å²) in [4.78, 5) is 27.8. The van der Waals surface area contributed by atoms with E-state index in [4.69, 9.17) is 50.7 Å². The van der Waals surface area contributed by atoms with Crippen LogP contribution in [-0.4, -0.2) is 25.1 Å². The molecule has 0 aromatic heterocycles. The van der Waals surface area contributed by atoms with Crippen molar-refractivity contribution >= 4 is 11.9 Å². The van der Waals surface area contributed by atoms with Gasteiger partial charge in [0.2, 0.25) is 0 Å². The first-order chi connectivity index (χ1) is 27.8. The van der Waals surface area contributed by atoms with E-state index in [0.29, 0.717) is 0 Å². The Labute approximate surface area is 223 Å². The number of esters is 2. The number of hydrogen-bond acceptors (Lipinski definition) is 4. The van der Waals surface area contributed by atoms with Crippen molar-refractivity contribution in [2.45, 2.75) is 78.4 Å². The lowest BCUT2D eigenvalue weighted by Gasteiger charge is -2.17. The molecule has 1 rings (SSSR count). The smallest absolute Gasteiger partial charge is 0.339 e. The minimum absolute atomic E-state index is 1.65. The van der Waals surface area contributed by atoms with E-state index in [0.717, 1.165) is 0 Å². The Morgan fingerprint density at radius 3 is 1.96 bits per heavy atom. The van der Waals surface area contributed by atoms with Gasteiger partial charge in [0.1, 0.15) is 0 Å². The maximum Gasteiger partial charge on any atom is 0.339 e. The van der Waals surface area contributed by atoms with Crippen LogP contribution >= 0.6 is 0 Å². The monoisotopic (exact) mass is 428 g/mol. The van der Waals surface area contributed by atoms with Crippen LogP contribution in [0.3, 0.4) is 0 Å². The van der Waals surface area contributed by atoms with E-state index < -0.39 is 151 Å². The summed E-state index contributed by atoms with van der Waals surface area (Å²) in [7, 11) is 0. The van der Waals surface area contributed by atoms with Crippen LogP contribution in [0.4, 0.5) is 0 Å². The van der Waals surface area contributed by atoms with Gasteiger partial charge < -0.3 is 9.47 Å². The highest BCUT2D eigenvalue weighted by atomic mass is 16.5. The zero-order valence-electron chi connectivity index (χ0n) is 50.7. The van der Waals surface area contributed by atoms with Crippen LogP contribution in [0.5, 0.6) is 0 Å². The predicted molar refractivity (Wildman–Crippen MR) is 114 cm³/mol. The Kier molecular flexibility index (Phi) is 2.11. The molecule has 0 amide bonds. The summed E-state index contributed by atoms with van der Waals surface area (Å²) in [6, 6.07) is -7.17. The third kappa shape index (κ3) is 8.45. The minimum atomic E-state index is -5.31. The normalized spacial score (nSPS) is 41.2. The molecular formula is C24H38O4. The van der Waals surface area contributed by atoms with E-state index in [1.165, 1.54) is 0 Å². The Morgan fingerprint density at radius 2 is 1.50 bits per heavy atom. The van der Waals surface area contributed by atoms with Gasteiger partial charge in [-0.1, -0.05) is 77.8 Å². The van der Waals surface area contributed by atoms with Gasteiger partial charge in [0.15, 0.2) is 0 Å². The zero-order valence-corrected chi connectivity index (χ0v) is 13.7. The second kappa shape index (κ2) is 14.2. The van der Waals surface area contributed by atoms with Crippen LogP contribution in [0.15, 0.2) is 24.2 Å². The van der Waals surface area contributed by atoms with Crippen LogP contribution in [0, 0.1) is 11.8 Å². The largest absolute Gasteiger partial charge is 0.462 e. The third-order valence-electron chi connectivity index (χ3n) is 2.35. The zero-order chi connectivity index (χ0) is 53.1. The molecule has 1 aromatic rings. The predicted octanol–water partition coefficient (Wildman–Crippen LogP) is 6.43. The third-order valence-corrected chi connectivity index (χ3v) is 2.35. The van der Waals surface area contributed by atoms with Crippen molar-refractivity contribution in [2.75, 3.05) is 13.1 Å². The fourth-order valence-electron chi connectivity index (χ4n) is 1.27. The van der Waals surface area contributed by atoms with Crippen LogP contribution in [0.2, 0.25) is 0 Å². The molecule has 1 aromatic carbocycles. The summed E-state index contributed by atoms with van der Waals surface area (Å²) in [5.41, 5.74) is -4.39. The highest BCUT2D eigenvalue weighted by Gasteiger charge is 2.21. The summed E-state index contributed by atoms with van der Waals surface area (Å²) >= 11 is 0. The van der Waals surface area contributed by atoms with Gasteiger partial charge >= 0.3 is 11.9 Å². The van der Waals surface area contributed by atoms with Crippen molar-refractivity contribution in [1.82, 2.24) is 0 Å². The molecule has 0 fully saturated rings. The van der Waals surface area contributed by atoms with Crippen molar-refractivity contribution in [3.63, 3.8) is 0 Å². The molecule has 2 atom stereocenters. The molecule has 0 saturated heterocycles. The summed E-state index contributed by atoms with van der Waals surface area (Å²) in [5.74, 6) is -16.3. The molecule has 2 unspecified atom stereocenters. The maximum atomic E-state index is 13.9. The SMILES string of the molecule is [2H]c1c([2H])c([2H])c(C(=O)OC([2H])([2H])C([2H])(C([2H])([2H])C([2H])([2H])[2H])C([2H])([2H])C([2H])([2H])C([2H])([2H])C([2H])([2H])[2H])c(C(=O)OC([2H])([2H])C([2H])(C([2H])([2H])C([2H])([2H])[2H])C([2H])([2H])C([2H])([2H])C([2H])([2H])C([2H])[2H])c1[2H]. The van der Waals surface area contributed by atoms with Crippen LogP contribution in [0.25, 0.3) is 0 Å². The van der Waals surface area contributed by atoms with Gasteiger partial charge in [-0.2, -0.15) is 0 Å². The second-order valence-corrected chi connectivity index (χ2v) is 4.00. The molecule has 0 bridgehead atoms. The van der Waals surface area contributed by atoms with Crippen LogP contribution < -0.4 is 0 Å². The van der Waals surface area contributed by atoms with Gasteiger partial charge in [0, 0.05) is 39.8 Å². The molecule has 0 N–H and O–H groups in total. The molecule has 4 nitrogen and oxygen atoms in total. The molecule has 0 aliphatic rings. The first-order valence-electron chi connectivity index (χ1n) is 25.4. The second-order valence-electron chi connectivity index (χ2n) is 4.00. The molecule has 4 heteroatoms. The standard InChI is InChI=1S/C24H38O4/c1-5-9-13-19(7-3)17-27-23(25)21-15-11-12-16-22(21)24(26)28-18-20(8-4)14-10-6-2/h11-12,15-16,19-20H,5-10,13-14,17-18H2,1-4H3/i1D2,2D3,3D3,4D3,5D2,6D2,7D2,8D2,9D2,10D2,11D,12D,13D2,14D2,15D,16D,17D2,18D2,19D,20D. The summed E-state index contributed by atoms with van der Waals surface area (Å²) in [6.45, 7) is -26.8. The molecule has 28 heavy (non-hydrogen) atoms. The Hall–Kier alpha value is -1.84. The van der Waals surface area contributed by atoms with Gasteiger partial charge in [-0.3, -0.25) is 0 Å². The quantitative estimate of drug-likeness (QED) is 0.321. The van der Waals surface area contributed by atoms with Crippen molar-refractivity contribution < 1.29 is 69.8 Å². The highest BCUT2D eigenvalue weighted by Crippen LogP contribution is 2.18. The summed E-state index contributed by atoms with van der Waals surface area (Å²) in [5, 5.41) is 0. The van der Waals surface area contributed by atoms with Crippen molar-refractivity contribution in [3.8, 4) is 0 Å². The van der Waals surface area contributed by atoms with Gasteiger partial charge in [-0.25, -0.2) is 9.59 Å². The minimum Gasteiger partial charge on any atom is -0.462 e. The number of carbonyl (C=O) groups excluding carboxylic acids is 2. The molecular weight excluding hydrogens is 352 g/mol. The number of carbonyl (C=O) groups is 2. The summed E-state index contributed by atoms with van der Waals surface area (Å²) < 4.78 is 305. The average molecular weight is 428 g/mol. The fraction of sp³-hybridized carbons (Fsp3) is 0.667. The first kappa shape index (κ1) is 4.15. The molecule has 0 aliphatic carbocycles. The Bertz CT molecular complexity index is 1990. The topological polar surface area (TPSA) is 52.6 Å². The molecule has 0 saturated carbocycles. The van der Waals surface area contributed by atoms with Crippen LogP contribution in [-0.2, 0) is 9.47 Å². The van der Waals surface area contributed by atoms with Gasteiger partial charge in [0.25, 0.3) is 0 Å². The molecule has 0 spiro atoms. The maximum absolute atomic E-state index is 13.9. The van der Waals surface area contributed by atoms with E-state index in [1.54, 1.807) is 0 Å². The first-order valence-corrected chi connectivity index (χ1v) is 6.76.